The highest BCUT2D eigenvalue weighted by Gasteiger charge is 2.50. The molecule has 2 unspecified atom stereocenters. The van der Waals surface area contributed by atoms with E-state index in [1.54, 1.807) is 6.42 Å². The zero-order valence-electron chi connectivity index (χ0n) is 8.40. The van der Waals surface area contributed by atoms with Gasteiger partial charge in [0.05, 0.1) is 0 Å². The number of rotatable bonds is 4. The van der Waals surface area contributed by atoms with Gasteiger partial charge in [-0.25, -0.2) is 0 Å². The molecule has 70 valence electrons. The molecule has 0 spiro atoms. The van der Waals surface area contributed by atoms with Crippen LogP contribution in [0.15, 0.2) is 0 Å². The van der Waals surface area contributed by atoms with Crippen molar-refractivity contribution in [2.24, 2.45) is 17.3 Å². The van der Waals surface area contributed by atoms with E-state index in [9.17, 15) is 0 Å². The monoisotopic (exact) mass is 167 g/mol. The van der Waals surface area contributed by atoms with Crippen LogP contribution >= 0.6 is 0 Å². The minimum Gasteiger partial charge on any atom is -0.316 e. The van der Waals surface area contributed by atoms with Gasteiger partial charge in [0.25, 0.3) is 0 Å². The van der Waals surface area contributed by atoms with E-state index < -0.39 is 0 Å². The smallest absolute Gasteiger partial charge is 0.000537 e. The molecule has 2 fully saturated rings. The Morgan fingerprint density at radius 1 is 1.33 bits per heavy atom. The normalized spacial score (nSPS) is 44.5. The Hall–Kier alpha value is -0.0400. The Labute approximate surface area is 75.9 Å². The third-order valence-electron chi connectivity index (χ3n) is 3.56. The van der Waals surface area contributed by atoms with E-state index in [0.29, 0.717) is 5.41 Å². The van der Waals surface area contributed by atoms with E-state index in [2.05, 4.69) is 19.2 Å². The van der Waals surface area contributed by atoms with Crippen molar-refractivity contribution in [3.8, 4) is 0 Å². The summed E-state index contributed by atoms with van der Waals surface area (Å²) < 4.78 is 0. The quantitative estimate of drug-likeness (QED) is 0.634. The van der Waals surface area contributed by atoms with Crippen LogP contribution in [0.2, 0.25) is 0 Å². The van der Waals surface area contributed by atoms with Crippen LogP contribution in [0.25, 0.3) is 0 Å². The summed E-state index contributed by atoms with van der Waals surface area (Å²) >= 11 is 0. The molecule has 2 saturated carbocycles. The summed E-state index contributed by atoms with van der Waals surface area (Å²) in [6.07, 6.45) is 5.80. The molecular weight excluding hydrogens is 146 g/mol. The van der Waals surface area contributed by atoms with Gasteiger partial charge >= 0.3 is 0 Å². The van der Waals surface area contributed by atoms with Crippen molar-refractivity contribution in [2.75, 3.05) is 13.1 Å². The maximum Gasteiger partial charge on any atom is 0.000537 e. The molecule has 1 N–H and O–H groups in total. The molecule has 0 heterocycles. The molecule has 2 aliphatic rings. The van der Waals surface area contributed by atoms with E-state index in [4.69, 9.17) is 0 Å². The minimum absolute atomic E-state index is 0.656. The van der Waals surface area contributed by atoms with Gasteiger partial charge in [0.1, 0.15) is 0 Å². The molecule has 2 rings (SSSR count). The maximum atomic E-state index is 3.56. The summed E-state index contributed by atoms with van der Waals surface area (Å²) in [5.74, 6) is 2.25. The Morgan fingerprint density at radius 3 is 2.58 bits per heavy atom. The lowest BCUT2D eigenvalue weighted by Crippen LogP contribution is -2.31. The van der Waals surface area contributed by atoms with E-state index in [0.717, 1.165) is 11.8 Å². The van der Waals surface area contributed by atoms with Gasteiger partial charge in [-0.1, -0.05) is 13.8 Å². The average Bonchev–Trinajstić information content (AvgIpc) is 2.61. The van der Waals surface area contributed by atoms with E-state index in [1.807, 2.05) is 0 Å². The first kappa shape index (κ1) is 8.55. The van der Waals surface area contributed by atoms with Gasteiger partial charge in [-0.2, -0.15) is 0 Å². The first-order valence-electron chi connectivity index (χ1n) is 5.44. The van der Waals surface area contributed by atoms with Crippen LogP contribution in [-0.2, 0) is 0 Å². The van der Waals surface area contributed by atoms with Crippen molar-refractivity contribution in [3.63, 3.8) is 0 Å². The molecule has 0 amide bonds. The Morgan fingerprint density at radius 2 is 2.00 bits per heavy atom. The van der Waals surface area contributed by atoms with Gasteiger partial charge in [0.2, 0.25) is 0 Å². The molecule has 0 saturated heterocycles. The van der Waals surface area contributed by atoms with Crippen LogP contribution in [0.3, 0.4) is 0 Å². The number of nitrogens with one attached hydrogen (secondary N) is 1. The van der Waals surface area contributed by atoms with E-state index >= 15 is 0 Å². The summed E-state index contributed by atoms with van der Waals surface area (Å²) in [7, 11) is 0. The zero-order chi connectivity index (χ0) is 8.60. The highest BCUT2D eigenvalue weighted by atomic mass is 14.9. The van der Waals surface area contributed by atoms with Gasteiger partial charge in [-0.05, 0) is 49.5 Å². The predicted octanol–water partition coefficient (Wildman–Crippen LogP) is 2.42. The second kappa shape index (κ2) is 3.02. The summed E-state index contributed by atoms with van der Waals surface area (Å²) in [6, 6.07) is 0. The lowest BCUT2D eigenvalue weighted by molar-refractivity contribution is 0.283. The Kier molecular flexibility index (Phi) is 2.16. The minimum atomic E-state index is 0.656. The van der Waals surface area contributed by atoms with Crippen LogP contribution in [0.4, 0.5) is 0 Å². The Balaban J connectivity index is 1.72. The van der Waals surface area contributed by atoms with Crippen LogP contribution < -0.4 is 5.32 Å². The van der Waals surface area contributed by atoms with Gasteiger partial charge in [-0.3, -0.25) is 0 Å². The highest BCUT2D eigenvalue weighted by molar-refractivity contribution is 5.02. The van der Waals surface area contributed by atoms with Crippen LogP contribution in [-0.4, -0.2) is 13.1 Å². The summed E-state index contributed by atoms with van der Waals surface area (Å²) in [6.45, 7) is 7.15. The summed E-state index contributed by atoms with van der Waals surface area (Å²) in [5.41, 5.74) is 0.656. The zero-order valence-corrected chi connectivity index (χ0v) is 8.40. The standard InChI is InChI=1S/C11H21N/c1-3-4-12-8-11(2)6-9-5-10(9)7-11/h9-10,12H,3-8H2,1-2H3. The van der Waals surface area contributed by atoms with Crippen LogP contribution in [0.5, 0.6) is 0 Å². The van der Waals surface area contributed by atoms with Crippen molar-refractivity contribution in [1.29, 1.82) is 0 Å². The molecule has 2 aliphatic carbocycles. The molecule has 0 bridgehead atoms. The third kappa shape index (κ3) is 1.66. The van der Waals surface area contributed by atoms with Gasteiger partial charge in [0, 0.05) is 6.54 Å². The average molecular weight is 167 g/mol. The molecule has 12 heavy (non-hydrogen) atoms. The second-order valence-electron chi connectivity index (χ2n) is 5.15. The number of hydrogen-bond donors (Lipinski definition) is 1. The fourth-order valence-electron chi connectivity index (χ4n) is 2.87. The SMILES string of the molecule is CCCNCC1(C)CC2CC2C1. The van der Waals surface area contributed by atoms with Crippen LogP contribution in [0, 0.1) is 17.3 Å². The molecule has 0 radical (unpaired) electrons. The van der Waals surface area contributed by atoms with Crippen molar-refractivity contribution >= 4 is 0 Å². The van der Waals surface area contributed by atoms with Crippen molar-refractivity contribution in [2.45, 2.75) is 39.5 Å². The fourth-order valence-corrected chi connectivity index (χ4v) is 2.87. The molecule has 1 heteroatoms. The van der Waals surface area contributed by atoms with E-state index in [-0.39, 0.29) is 0 Å². The molecule has 0 aromatic heterocycles. The largest absolute Gasteiger partial charge is 0.316 e. The van der Waals surface area contributed by atoms with Crippen molar-refractivity contribution in [3.05, 3.63) is 0 Å². The van der Waals surface area contributed by atoms with Gasteiger partial charge < -0.3 is 5.32 Å². The first-order valence-corrected chi connectivity index (χ1v) is 5.44. The lowest BCUT2D eigenvalue weighted by atomic mass is 9.85. The fraction of sp³-hybridized carbons (Fsp3) is 1.00. The number of hydrogen-bond acceptors (Lipinski definition) is 1. The van der Waals surface area contributed by atoms with Crippen LogP contribution in [0.1, 0.15) is 39.5 Å². The van der Waals surface area contributed by atoms with Crippen molar-refractivity contribution < 1.29 is 0 Å². The van der Waals surface area contributed by atoms with Gasteiger partial charge in [0.15, 0.2) is 0 Å². The topological polar surface area (TPSA) is 12.0 Å². The molecule has 2 atom stereocenters. The first-order chi connectivity index (χ1) is 5.73. The lowest BCUT2D eigenvalue weighted by Gasteiger charge is -2.26. The third-order valence-corrected chi connectivity index (χ3v) is 3.56. The molecule has 0 aromatic rings. The van der Waals surface area contributed by atoms with Crippen molar-refractivity contribution in [1.82, 2.24) is 5.32 Å². The second-order valence-corrected chi connectivity index (χ2v) is 5.15. The maximum absolute atomic E-state index is 3.56. The predicted molar refractivity (Wildman–Crippen MR) is 52.1 cm³/mol. The molecular formula is C11H21N. The molecule has 0 aliphatic heterocycles. The summed E-state index contributed by atoms with van der Waals surface area (Å²) in [5, 5.41) is 3.56. The summed E-state index contributed by atoms with van der Waals surface area (Å²) in [4.78, 5) is 0. The van der Waals surface area contributed by atoms with E-state index in [1.165, 1.54) is 32.4 Å². The highest BCUT2D eigenvalue weighted by Crippen LogP contribution is 2.59. The Bertz CT molecular complexity index is 154. The molecule has 1 nitrogen and oxygen atoms in total. The molecule has 0 aromatic carbocycles. The van der Waals surface area contributed by atoms with Gasteiger partial charge in [-0.15, -0.1) is 0 Å². The number of fused-ring (bicyclic) bond motifs is 1.